The Morgan fingerprint density at radius 3 is 2.41 bits per heavy atom. The molecule has 0 saturated carbocycles. The number of nitrogens with zero attached hydrogens (tertiary/aromatic N) is 2. The van der Waals surface area contributed by atoms with E-state index in [1.807, 2.05) is 24.3 Å². The molecule has 0 bridgehead atoms. The Bertz CT molecular complexity index is 1040. The summed E-state index contributed by atoms with van der Waals surface area (Å²) in [5.74, 6) is 0.727. The molecule has 1 aliphatic heterocycles. The molecule has 176 valence electrons. The molecule has 32 heavy (non-hydrogen) atoms. The lowest BCUT2D eigenvalue weighted by Crippen LogP contribution is -2.43. The van der Waals surface area contributed by atoms with Crippen molar-refractivity contribution in [3.8, 4) is 5.75 Å². The van der Waals surface area contributed by atoms with Crippen molar-refractivity contribution >= 4 is 30.9 Å². The fourth-order valence-electron chi connectivity index (χ4n) is 3.33. The average Bonchev–Trinajstić information content (AvgIpc) is 3.09. The van der Waals surface area contributed by atoms with Gasteiger partial charge in [-0.2, -0.15) is 0 Å². The van der Waals surface area contributed by atoms with Gasteiger partial charge in [-0.1, -0.05) is 55.5 Å². The third-order valence-electron chi connectivity index (χ3n) is 6.48. The Hall–Kier alpha value is -1.43. The summed E-state index contributed by atoms with van der Waals surface area (Å²) in [5.41, 5.74) is 0.152. The summed E-state index contributed by atoms with van der Waals surface area (Å²) in [6, 6.07) is 8.76. The first-order chi connectivity index (χ1) is 14.9. The molecule has 0 spiro atoms. The molecule has 1 saturated heterocycles. The Balaban J connectivity index is 1.76. The zero-order valence-corrected chi connectivity index (χ0v) is 22.8. The smallest absolute Gasteiger partial charge is 0.333 e. The van der Waals surface area contributed by atoms with E-state index in [1.165, 1.54) is 15.2 Å². The van der Waals surface area contributed by atoms with E-state index in [-0.39, 0.29) is 32.9 Å². The molecule has 9 heteroatoms. The Kier molecular flexibility index (Phi) is 7.73. The summed E-state index contributed by atoms with van der Waals surface area (Å²) < 4.78 is 20.8. The SMILES string of the molecule is COc1ccc(Cn2c(=O)ccn([C@H]3C[C@H](I)[C@@H](CO[Si](C)(C)C(C)(C)C)O3)c2=O)cc1. The van der Waals surface area contributed by atoms with E-state index in [2.05, 4.69) is 56.5 Å². The van der Waals surface area contributed by atoms with Crippen LogP contribution in [0.3, 0.4) is 0 Å². The molecular formula is C23H33IN2O5Si. The van der Waals surface area contributed by atoms with Crippen LogP contribution in [0.2, 0.25) is 18.1 Å². The molecule has 0 unspecified atom stereocenters. The molecule has 1 aliphatic rings. The van der Waals surface area contributed by atoms with Gasteiger partial charge in [0.2, 0.25) is 0 Å². The minimum Gasteiger partial charge on any atom is -0.497 e. The van der Waals surface area contributed by atoms with Crippen LogP contribution in [0.15, 0.2) is 46.1 Å². The fourth-order valence-corrected chi connectivity index (χ4v) is 5.15. The van der Waals surface area contributed by atoms with Crippen molar-refractivity contribution in [2.75, 3.05) is 13.7 Å². The maximum atomic E-state index is 13.2. The number of alkyl halides is 1. The Morgan fingerprint density at radius 1 is 1.16 bits per heavy atom. The van der Waals surface area contributed by atoms with Gasteiger partial charge < -0.3 is 13.9 Å². The highest BCUT2D eigenvalue weighted by molar-refractivity contribution is 14.1. The van der Waals surface area contributed by atoms with Crippen molar-refractivity contribution in [1.82, 2.24) is 9.13 Å². The number of ether oxygens (including phenoxy) is 2. The molecule has 0 radical (unpaired) electrons. The largest absolute Gasteiger partial charge is 0.497 e. The summed E-state index contributed by atoms with van der Waals surface area (Å²) in [6.45, 7) is 11.8. The van der Waals surface area contributed by atoms with Crippen LogP contribution in [0.5, 0.6) is 5.75 Å². The second-order valence-corrected chi connectivity index (χ2v) is 16.1. The van der Waals surface area contributed by atoms with Crippen LogP contribution in [0.25, 0.3) is 0 Å². The van der Waals surface area contributed by atoms with E-state index in [0.717, 1.165) is 11.3 Å². The highest BCUT2D eigenvalue weighted by Crippen LogP contribution is 2.38. The zero-order valence-electron chi connectivity index (χ0n) is 19.6. The van der Waals surface area contributed by atoms with Crippen molar-refractivity contribution in [2.24, 2.45) is 0 Å². The number of hydrogen-bond acceptors (Lipinski definition) is 5. The molecular weight excluding hydrogens is 539 g/mol. The number of hydrogen-bond donors (Lipinski definition) is 0. The summed E-state index contributed by atoms with van der Waals surface area (Å²) in [5, 5.41) is 0.125. The van der Waals surface area contributed by atoms with E-state index in [0.29, 0.717) is 13.0 Å². The van der Waals surface area contributed by atoms with Crippen LogP contribution in [-0.2, 0) is 15.7 Å². The molecule has 1 fully saturated rings. The van der Waals surface area contributed by atoms with Gasteiger partial charge >= 0.3 is 5.69 Å². The Morgan fingerprint density at radius 2 is 1.81 bits per heavy atom. The van der Waals surface area contributed by atoms with Crippen LogP contribution < -0.4 is 16.0 Å². The highest BCUT2D eigenvalue weighted by Gasteiger charge is 2.41. The van der Waals surface area contributed by atoms with Gasteiger partial charge in [0.25, 0.3) is 5.56 Å². The second-order valence-electron chi connectivity index (χ2n) is 9.73. The van der Waals surface area contributed by atoms with E-state index in [4.69, 9.17) is 13.9 Å². The van der Waals surface area contributed by atoms with E-state index in [9.17, 15) is 9.59 Å². The van der Waals surface area contributed by atoms with E-state index >= 15 is 0 Å². The van der Waals surface area contributed by atoms with Crippen LogP contribution in [0.4, 0.5) is 0 Å². The molecule has 2 heterocycles. The van der Waals surface area contributed by atoms with Crippen LogP contribution >= 0.6 is 22.6 Å². The molecule has 3 rings (SSSR count). The van der Waals surface area contributed by atoms with Crippen molar-refractivity contribution in [1.29, 1.82) is 0 Å². The third kappa shape index (κ3) is 5.55. The number of methoxy groups -OCH3 is 1. The van der Waals surface area contributed by atoms with E-state index in [1.54, 1.807) is 13.3 Å². The number of rotatable bonds is 7. The topological polar surface area (TPSA) is 71.7 Å². The lowest BCUT2D eigenvalue weighted by molar-refractivity contribution is -0.0213. The molecule has 2 aromatic rings. The predicted molar refractivity (Wildman–Crippen MR) is 137 cm³/mol. The average molecular weight is 573 g/mol. The quantitative estimate of drug-likeness (QED) is 0.283. The predicted octanol–water partition coefficient (Wildman–Crippen LogP) is 4.18. The zero-order chi connectivity index (χ0) is 23.7. The molecule has 0 N–H and O–H groups in total. The van der Waals surface area contributed by atoms with Crippen molar-refractivity contribution < 1.29 is 13.9 Å². The van der Waals surface area contributed by atoms with Crippen molar-refractivity contribution in [2.45, 2.75) is 68.1 Å². The summed E-state index contributed by atoms with van der Waals surface area (Å²) >= 11 is 2.38. The first-order valence-corrected chi connectivity index (χ1v) is 15.0. The van der Waals surface area contributed by atoms with Gasteiger partial charge in [0.05, 0.1) is 26.4 Å². The lowest BCUT2D eigenvalue weighted by atomic mass is 10.2. The fraction of sp³-hybridized carbons (Fsp3) is 0.565. The second kappa shape index (κ2) is 9.82. The summed E-state index contributed by atoms with van der Waals surface area (Å²) in [6.07, 6.45) is 1.72. The van der Waals surface area contributed by atoms with Gasteiger partial charge in [-0.3, -0.25) is 13.9 Å². The first kappa shape index (κ1) is 25.2. The van der Waals surface area contributed by atoms with Gasteiger partial charge in [0.1, 0.15) is 12.0 Å². The Labute approximate surface area is 204 Å². The van der Waals surface area contributed by atoms with Crippen LogP contribution in [-0.4, -0.2) is 41.2 Å². The standard InChI is InChI=1S/C23H33IN2O5Si/c1-23(2,3)32(5,6)30-15-19-18(24)13-21(31-19)25-12-11-20(27)26(22(25)28)14-16-7-9-17(29-4)10-8-16/h7-12,18-19,21H,13-15H2,1-6H3/t18-,19+,21+/m0/s1. The summed E-state index contributed by atoms with van der Waals surface area (Å²) in [4.78, 5) is 25.6. The van der Waals surface area contributed by atoms with Gasteiger partial charge in [-0.25, -0.2) is 4.79 Å². The van der Waals surface area contributed by atoms with Gasteiger partial charge in [0.15, 0.2) is 8.32 Å². The van der Waals surface area contributed by atoms with Gasteiger partial charge in [0, 0.05) is 22.6 Å². The highest BCUT2D eigenvalue weighted by atomic mass is 127. The van der Waals surface area contributed by atoms with Gasteiger partial charge in [-0.05, 0) is 35.8 Å². The minimum atomic E-state index is -1.89. The van der Waals surface area contributed by atoms with Crippen molar-refractivity contribution in [3.63, 3.8) is 0 Å². The minimum absolute atomic E-state index is 0.0939. The number of aromatic nitrogens is 2. The lowest BCUT2D eigenvalue weighted by Gasteiger charge is -2.37. The molecule has 3 atom stereocenters. The first-order valence-electron chi connectivity index (χ1n) is 10.8. The third-order valence-corrected chi connectivity index (χ3v) is 12.3. The van der Waals surface area contributed by atoms with Gasteiger partial charge in [-0.15, -0.1) is 0 Å². The normalized spacial score (nSPS) is 21.7. The van der Waals surface area contributed by atoms with Crippen molar-refractivity contribution in [3.05, 3.63) is 62.9 Å². The number of halogens is 1. The van der Waals surface area contributed by atoms with E-state index < -0.39 is 14.5 Å². The summed E-state index contributed by atoms with van der Waals surface area (Å²) in [7, 11) is -0.288. The molecule has 0 amide bonds. The molecule has 0 aliphatic carbocycles. The maximum Gasteiger partial charge on any atom is 0.333 e. The monoisotopic (exact) mass is 572 g/mol. The molecule has 1 aromatic heterocycles. The van der Waals surface area contributed by atoms with Crippen LogP contribution in [0, 0.1) is 0 Å². The van der Waals surface area contributed by atoms with Crippen LogP contribution in [0.1, 0.15) is 39.0 Å². The maximum absolute atomic E-state index is 13.2. The molecule has 7 nitrogen and oxygen atoms in total. The molecule has 1 aromatic carbocycles. The number of benzene rings is 1.